The highest BCUT2D eigenvalue weighted by Gasteiger charge is 2.23. The topological polar surface area (TPSA) is 43.2 Å². The fraction of sp³-hybridized carbons (Fsp3) is 0.333. The molecule has 5 nitrogen and oxygen atoms in total. The smallest absolute Gasteiger partial charge is 0.147 e. The molecule has 2 aromatic carbocycles. The first kappa shape index (κ1) is 19.5. The van der Waals surface area contributed by atoms with E-state index in [0.717, 1.165) is 54.4 Å². The molecule has 5 heteroatoms. The standard InChI is InChI=1S/C27H28N4O/c1-19-8-9-24-23(5-3-6-25(24)29-19)20-10-13-30(14-11-20)15-12-21-4-2-7-26-27(21)32-17-22-16-28-18-31(22)26/h2-9,16,18,20H,10-15,17H2,1H3. The fourth-order valence-corrected chi connectivity index (χ4v) is 5.30. The van der Waals surface area contributed by atoms with Gasteiger partial charge in [-0.25, -0.2) is 4.98 Å². The van der Waals surface area contributed by atoms with Crippen LogP contribution in [0.2, 0.25) is 0 Å². The minimum Gasteiger partial charge on any atom is -0.485 e. The van der Waals surface area contributed by atoms with Gasteiger partial charge >= 0.3 is 0 Å². The molecule has 0 spiro atoms. The first-order valence-corrected chi connectivity index (χ1v) is 11.6. The van der Waals surface area contributed by atoms with Gasteiger partial charge in [-0.3, -0.25) is 9.55 Å². The third-order valence-corrected chi connectivity index (χ3v) is 7.04. The van der Waals surface area contributed by atoms with Gasteiger partial charge in [0.25, 0.3) is 0 Å². The van der Waals surface area contributed by atoms with Crippen LogP contribution in [0.4, 0.5) is 0 Å². The lowest BCUT2D eigenvalue weighted by Crippen LogP contribution is -2.34. The van der Waals surface area contributed by atoms with Crippen LogP contribution in [0, 0.1) is 6.92 Å². The van der Waals surface area contributed by atoms with Gasteiger partial charge in [-0.2, -0.15) is 0 Å². The van der Waals surface area contributed by atoms with Crippen LogP contribution in [0.15, 0.2) is 61.1 Å². The molecule has 0 unspecified atom stereocenters. The van der Waals surface area contributed by atoms with Crippen LogP contribution in [-0.4, -0.2) is 39.1 Å². The van der Waals surface area contributed by atoms with Crippen molar-refractivity contribution in [1.82, 2.24) is 19.4 Å². The number of rotatable bonds is 4. The number of aromatic nitrogens is 3. The zero-order chi connectivity index (χ0) is 21.5. The molecule has 2 aromatic heterocycles. The van der Waals surface area contributed by atoms with E-state index in [9.17, 15) is 0 Å². The van der Waals surface area contributed by atoms with Crippen LogP contribution >= 0.6 is 0 Å². The number of likely N-dealkylation sites (tertiary alicyclic amines) is 1. The third kappa shape index (κ3) is 3.47. The van der Waals surface area contributed by atoms with Crippen molar-refractivity contribution in [3.63, 3.8) is 0 Å². The zero-order valence-electron chi connectivity index (χ0n) is 18.5. The Bertz CT molecular complexity index is 1270. The quantitative estimate of drug-likeness (QED) is 0.460. The molecule has 0 N–H and O–H groups in total. The van der Waals surface area contributed by atoms with Crippen molar-refractivity contribution >= 4 is 10.9 Å². The van der Waals surface area contributed by atoms with Crippen LogP contribution < -0.4 is 4.74 Å². The summed E-state index contributed by atoms with van der Waals surface area (Å²) in [5.41, 5.74) is 7.19. The third-order valence-electron chi connectivity index (χ3n) is 7.04. The van der Waals surface area contributed by atoms with E-state index in [4.69, 9.17) is 9.72 Å². The van der Waals surface area contributed by atoms with Gasteiger partial charge in [0.15, 0.2) is 0 Å². The van der Waals surface area contributed by atoms with Gasteiger partial charge < -0.3 is 9.64 Å². The Kier molecular flexibility index (Phi) is 4.91. The number of aryl methyl sites for hydroxylation is 1. The molecule has 0 bridgehead atoms. The Hall–Kier alpha value is -3.18. The van der Waals surface area contributed by atoms with Crippen LogP contribution in [0.3, 0.4) is 0 Å². The summed E-state index contributed by atoms with van der Waals surface area (Å²) >= 11 is 0. The molecule has 2 aliphatic heterocycles. The van der Waals surface area contributed by atoms with E-state index < -0.39 is 0 Å². The molecule has 4 heterocycles. The minimum atomic E-state index is 0.592. The maximum atomic E-state index is 6.12. The van der Waals surface area contributed by atoms with Gasteiger partial charge in [-0.05, 0) is 74.5 Å². The number of fused-ring (bicyclic) bond motifs is 4. The summed E-state index contributed by atoms with van der Waals surface area (Å²) in [5.74, 6) is 1.64. The van der Waals surface area contributed by atoms with Crippen LogP contribution in [-0.2, 0) is 13.0 Å². The highest BCUT2D eigenvalue weighted by Crippen LogP contribution is 2.35. The van der Waals surface area contributed by atoms with E-state index in [1.807, 2.05) is 12.5 Å². The Morgan fingerprint density at radius 3 is 2.81 bits per heavy atom. The van der Waals surface area contributed by atoms with E-state index in [0.29, 0.717) is 12.5 Å². The Morgan fingerprint density at radius 1 is 1.03 bits per heavy atom. The number of imidazole rings is 1. The van der Waals surface area contributed by atoms with Gasteiger partial charge in [-0.15, -0.1) is 0 Å². The average molecular weight is 425 g/mol. The summed E-state index contributed by atoms with van der Waals surface area (Å²) in [6.07, 6.45) is 7.18. The lowest BCUT2D eigenvalue weighted by atomic mass is 9.87. The molecule has 0 atom stereocenters. The van der Waals surface area contributed by atoms with Gasteiger partial charge in [0.1, 0.15) is 12.4 Å². The van der Waals surface area contributed by atoms with Crippen molar-refractivity contribution in [3.8, 4) is 11.4 Å². The molecule has 162 valence electrons. The summed E-state index contributed by atoms with van der Waals surface area (Å²) in [7, 11) is 0. The molecule has 1 saturated heterocycles. The van der Waals surface area contributed by atoms with E-state index in [1.54, 1.807) is 0 Å². The molecular formula is C27H28N4O. The summed E-state index contributed by atoms with van der Waals surface area (Å²) in [4.78, 5) is 11.6. The molecule has 32 heavy (non-hydrogen) atoms. The Labute approximate surface area is 188 Å². The summed E-state index contributed by atoms with van der Waals surface area (Å²) < 4.78 is 8.27. The predicted molar refractivity (Wildman–Crippen MR) is 126 cm³/mol. The Balaban J connectivity index is 1.13. The second-order valence-electron chi connectivity index (χ2n) is 9.04. The molecular weight excluding hydrogens is 396 g/mol. The number of hydrogen-bond donors (Lipinski definition) is 0. The summed E-state index contributed by atoms with van der Waals surface area (Å²) in [5, 5.41) is 1.32. The largest absolute Gasteiger partial charge is 0.485 e. The van der Waals surface area contributed by atoms with E-state index in [2.05, 4.69) is 69.9 Å². The average Bonchev–Trinajstić information content (AvgIpc) is 3.32. The van der Waals surface area contributed by atoms with Crippen molar-refractivity contribution in [3.05, 3.63) is 83.6 Å². The molecule has 1 fully saturated rings. The molecule has 0 amide bonds. The lowest BCUT2D eigenvalue weighted by molar-refractivity contribution is 0.213. The van der Waals surface area contributed by atoms with Gasteiger partial charge in [-0.1, -0.05) is 30.3 Å². The molecule has 0 saturated carbocycles. The normalized spacial score (nSPS) is 16.5. The first-order chi connectivity index (χ1) is 15.8. The number of piperidine rings is 1. The number of ether oxygens (including phenoxy) is 1. The summed E-state index contributed by atoms with van der Waals surface area (Å²) in [6, 6.07) is 17.5. The van der Waals surface area contributed by atoms with Gasteiger partial charge in [0.2, 0.25) is 0 Å². The Morgan fingerprint density at radius 2 is 1.91 bits per heavy atom. The highest BCUT2D eigenvalue weighted by atomic mass is 16.5. The van der Waals surface area contributed by atoms with E-state index >= 15 is 0 Å². The number of hydrogen-bond acceptors (Lipinski definition) is 4. The van der Waals surface area contributed by atoms with Gasteiger partial charge in [0.05, 0.1) is 29.4 Å². The van der Waals surface area contributed by atoms with Crippen LogP contribution in [0.25, 0.3) is 16.6 Å². The lowest BCUT2D eigenvalue weighted by Gasteiger charge is -2.33. The zero-order valence-corrected chi connectivity index (χ0v) is 18.5. The van der Waals surface area contributed by atoms with Crippen molar-refractivity contribution in [2.24, 2.45) is 0 Å². The molecule has 0 radical (unpaired) electrons. The monoisotopic (exact) mass is 424 g/mol. The molecule has 0 aliphatic carbocycles. The van der Waals surface area contributed by atoms with E-state index in [1.165, 1.54) is 29.4 Å². The maximum Gasteiger partial charge on any atom is 0.147 e. The fourth-order valence-electron chi connectivity index (χ4n) is 5.30. The molecule has 6 rings (SSSR count). The number of nitrogens with zero attached hydrogens (tertiary/aromatic N) is 4. The van der Waals surface area contributed by atoms with Crippen molar-refractivity contribution < 1.29 is 4.74 Å². The first-order valence-electron chi connectivity index (χ1n) is 11.6. The van der Waals surface area contributed by atoms with Crippen LogP contribution in [0.5, 0.6) is 5.75 Å². The van der Waals surface area contributed by atoms with Crippen LogP contribution in [0.1, 0.15) is 41.3 Å². The van der Waals surface area contributed by atoms with Crippen molar-refractivity contribution in [1.29, 1.82) is 0 Å². The van der Waals surface area contributed by atoms with Crippen molar-refractivity contribution in [2.45, 2.75) is 38.7 Å². The number of pyridine rings is 1. The number of benzene rings is 2. The highest BCUT2D eigenvalue weighted by molar-refractivity contribution is 5.83. The van der Waals surface area contributed by atoms with Crippen molar-refractivity contribution in [2.75, 3.05) is 19.6 Å². The second kappa shape index (κ2) is 8.06. The maximum absolute atomic E-state index is 6.12. The second-order valence-corrected chi connectivity index (χ2v) is 9.04. The van der Waals surface area contributed by atoms with E-state index in [-0.39, 0.29) is 0 Å². The minimum absolute atomic E-state index is 0.592. The molecule has 4 aromatic rings. The van der Waals surface area contributed by atoms with Gasteiger partial charge in [0, 0.05) is 17.6 Å². The SMILES string of the molecule is Cc1ccc2c(C3CCN(CCc4cccc5c4OCc4cncn4-5)CC3)cccc2n1. The predicted octanol–water partition coefficient (Wildman–Crippen LogP) is 5.04. The summed E-state index contributed by atoms with van der Waals surface area (Å²) in [6.45, 7) is 6.01. The molecule has 2 aliphatic rings. The number of para-hydroxylation sites is 1.